The van der Waals surface area contributed by atoms with Crippen LogP contribution in [0, 0.1) is 11.8 Å². The van der Waals surface area contributed by atoms with Gasteiger partial charge in [-0.15, -0.1) is 0 Å². The van der Waals surface area contributed by atoms with Gasteiger partial charge in [0.2, 0.25) is 5.95 Å². The lowest BCUT2D eigenvalue weighted by molar-refractivity contribution is 0.543. The Bertz CT molecular complexity index is 322. The molecule has 0 amide bonds. The van der Waals surface area contributed by atoms with Crippen molar-refractivity contribution in [3.8, 4) is 0 Å². The Labute approximate surface area is 111 Å². The van der Waals surface area contributed by atoms with E-state index >= 15 is 0 Å². The van der Waals surface area contributed by atoms with Gasteiger partial charge in [-0.1, -0.05) is 27.7 Å². The van der Waals surface area contributed by atoms with Crippen molar-refractivity contribution in [1.29, 1.82) is 0 Å². The van der Waals surface area contributed by atoms with Crippen LogP contribution in [0.25, 0.3) is 0 Å². The van der Waals surface area contributed by atoms with E-state index in [1.165, 1.54) is 0 Å². The molecule has 4 heteroatoms. The Morgan fingerprint density at radius 2 is 1.56 bits per heavy atom. The molecule has 0 atom stereocenters. The number of anilines is 1. The molecule has 0 saturated carbocycles. The van der Waals surface area contributed by atoms with Crippen molar-refractivity contribution in [2.24, 2.45) is 11.8 Å². The summed E-state index contributed by atoms with van der Waals surface area (Å²) in [6.45, 7) is 11.7. The first kappa shape index (κ1) is 14.9. The van der Waals surface area contributed by atoms with Crippen molar-refractivity contribution in [2.75, 3.05) is 25.0 Å². The number of rotatable bonds is 7. The zero-order valence-corrected chi connectivity index (χ0v) is 12.3. The van der Waals surface area contributed by atoms with E-state index in [1.54, 1.807) is 0 Å². The molecule has 4 nitrogen and oxygen atoms in total. The molecule has 1 aromatic heterocycles. The topological polar surface area (TPSA) is 41.1 Å². The Kier molecular flexibility index (Phi) is 6.05. The van der Waals surface area contributed by atoms with Crippen LogP contribution in [0.5, 0.6) is 0 Å². The molecule has 18 heavy (non-hydrogen) atoms. The van der Waals surface area contributed by atoms with Gasteiger partial charge in [-0.05, 0) is 18.9 Å². The lowest BCUT2D eigenvalue weighted by Gasteiger charge is -2.26. The minimum Gasteiger partial charge on any atom is -0.340 e. The molecule has 0 aromatic carbocycles. The van der Waals surface area contributed by atoms with Gasteiger partial charge in [-0.3, -0.25) is 0 Å². The first-order valence-electron chi connectivity index (χ1n) is 6.73. The maximum atomic E-state index is 4.48. The first-order valence-corrected chi connectivity index (χ1v) is 6.73. The minimum atomic E-state index is 0.615. The van der Waals surface area contributed by atoms with Crippen molar-refractivity contribution in [3.05, 3.63) is 18.0 Å². The van der Waals surface area contributed by atoms with Crippen LogP contribution in [0.4, 0.5) is 5.95 Å². The Morgan fingerprint density at radius 3 is 1.94 bits per heavy atom. The van der Waals surface area contributed by atoms with Gasteiger partial charge >= 0.3 is 0 Å². The molecule has 0 saturated heterocycles. The Balaban J connectivity index is 2.77. The molecule has 1 heterocycles. The highest BCUT2D eigenvalue weighted by Crippen LogP contribution is 2.12. The zero-order chi connectivity index (χ0) is 13.5. The number of aromatic nitrogens is 2. The zero-order valence-electron chi connectivity index (χ0n) is 12.3. The van der Waals surface area contributed by atoms with Gasteiger partial charge in [0.05, 0.1) is 0 Å². The van der Waals surface area contributed by atoms with Gasteiger partial charge in [0.15, 0.2) is 0 Å². The average molecular weight is 250 g/mol. The van der Waals surface area contributed by atoms with E-state index in [0.717, 1.165) is 31.1 Å². The molecule has 0 bridgehead atoms. The third-order valence-corrected chi connectivity index (χ3v) is 2.53. The van der Waals surface area contributed by atoms with Crippen LogP contribution in [0.3, 0.4) is 0 Å². The quantitative estimate of drug-likeness (QED) is 0.806. The first-order chi connectivity index (χ1) is 8.52. The normalized spacial score (nSPS) is 11.3. The van der Waals surface area contributed by atoms with Gasteiger partial charge in [0.1, 0.15) is 0 Å². The van der Waals surface area contributed by atoms with Crippen molar-refractivity contribution >= 4 is 5.95 Å². The Morgan fingerprint density at radius 1 is 1.06 bits per heavy atom. The van der Waals surface area contributed by atoms with Crippen LogP contribution >= 0.6 is 0 Å². The van der Waals surface area contributed by atoms with E-state index in [2.05, 4.69) is 47.9 Å². The summed E-state index contributed by atoms with van der Waals surface area (Å²) in [5, 5.41) is 3.10. The molecule has 1 rings (SSSR count). The van der Waals surface area contributed by atoms with Gasteiger partial charge in [-0.2, -0.15) is 0 Å². The number of nitrogens with zero attached hydrogens (tertiary/aromatic N) is 3. The predicted molar refractivity (Wildman–Crippen MR) is 76.7 cm³/mol. The largest absolute Gasteiger partial charge is 0.340 e. The van der Waals surface area contributed by atoms with Gasteiger partial charge < -0.3 is 10.2 Å². The fourth-order valence-corrected chi connectivity index (χ4v) is 1.93. The van der Waals surface area contributed by atoms with Crippen LogP contribution in [0.15, 0.2) is 12.4 Å². The molecule has 0 spiro atoms. The monoisotopic (exact) mass is 250 g/mol. The number of nitrogens with one attached hydrogen (secondary N) is 1. The highest BCUT2D eigenvalue weighted by Gasteiger charge is 2.12. The highest BCUT2D eigenvalue weighted by atomic mass is 15.2. The van der Waals surface area contributed by atoms with Gasteiger partial charge in [-0.25, -0.2) is 9.97 Å². The maximum Gasteiger partial charge on any atom is 0.225 e. The van der Waals surface area contributed by atoms with Crippen LogP contribution in [0.1, 0.15) is 33.3 Å². The summed E-state index contributed by atoms with van der Waals surface area (Å²) in [6, 6.07) is 0. The summed E-state index contributed by atoms with van der Waals surface area (Å²) in [4.78, 5) is 11.2. The summed E-state index contributed by atoms with van der Waals surface area (Å²) in [7, 11) is 1.93. The van der Waals surface area contributed by atoms with E-state index in [1.807, 2.05) is 19.4 Å². The predicted octanol–water partition coefficient (Wildman–Crippen LogP) is 2.31. The summed E-state index contributed by atoms with van der Waals surface area (Å²) >= 11 is 0. The second kappa shape index (κ2) is 7.31. The van der Waals surface area contributed by atoms with Crippen LogP contribution in [0.2, 0.25) is 0 Å². The number of hydrogen-bond acceptors (Lipinski definition) is 4. The van der Waals surface area contributed by atoms with Crippen molar-refractivity contribution in [3.63, 3.8) is 0 Å². The van der Waals surface area contributed by atoms with Crippen LogP contribution < -0.4 is 10.2 Å². The van der Waals surface area contributed by atoms with Crippen LogP contribution in [-0.2, 0) is 6.54 Å². The van der Waals surface area contributed by atoms with E-state index in [-0.39, 0.29) is 0 Å². The smallest absolute Gasteiger partial charge is 0.225 e. The van der Waals surface area contributed by atoms with Crippen molar-refractivity contribution < 1.29 is 0 Å². The molecule has 1 aromatic rings. The molecular weight excluding hydrogens is 224 g/mol. The van der Waals surface area contributed by atoms with Crippen molar-refractivity contribution in [1.82, 2.24) is 15.3 Å². The molecule has 0 aliphatic heterocycles. The molecule has 1 N–H and O–H groups in total. The third-order valence-electron chi connectivity index (χ3n) is 2.53. The SMILES string of the molecule is CNCc1cnc(N(CC(C)C)CC(C)C)nc1. The lowest BCUT2D eigenvalue weighted by Crippen LogP contribution is -2.32. The molecule has 0 aliphatic carbocycles. The van der Waals surface area contributed by atoms with Crippen molar-refractivity contribution in [2.45, 2.75) is 34.2 Å². The molecule has 0 radical (unpaired) electrons. The van der Waals surface area contributed by atoms with Gasteiger partial charge in [0.25, 0.3) is 0 Å². The Hall–Kier alpha value is -1.16. The minimum absolute atomic E-state index is 0.615. The molecule has 0 unspecified atom stereocenters. The van der Waals surface area contributed by atoms with E-state index in [9.17, 15) is 0 Å². The summed E-state index contributed by atoms with van der Waals surface area (Å²) < 4.78 is 0. The molecule has 102 valence electrons. The standard InChI is InChI=1S/C14H26N4/c1-11(2)9-18(10-12(3)4)14-16-7-13(6-15-5)8-17-14/h7-8,11-12,15H,6,9-10H2,1-5H3. The fourth-order valence-electron chi connectivity index (χ4n) is 1.93. The van der Waals surface area contributed by atoms with E-state index in [4.69, 9.17) is 0 Å². The fraction of sp³-hybridized carbons (Fsp3) is 0.714. The van der Waals surface area contributed by atoms with Crippen LogP contribution in [-0.4, -0.2) is 30.1 Å². The average Bonchev–Trinajstić information content (AvgIpc) is 2.28. The molecule has 0 aliphatic rings. The summed E-state index contributed by atoms with van der Waals surface area (Å²) in [5.41, 5.74) is 1.12. The molecule has 0 fully saturated rings. The van der Waals surface area contributed by atoms with Gasteiger partial charge in [0, 0.05) is 37.6 Å². The highest BCUT2D eigenvalue weighted by molar-refractivity contribution is 5.30. The number of hydrogen-bond donors (Lipinski definition) is 1. The second-order valence-corrected chi connectivity index (χ2v) is 5.61. The van der Waals surface area contributed by atoms with E-state index < -0.39 is 0 Å². The third kappa shape index (κ3) is 5.00. The summed E-state index contributed by atoms with van der Waals surface area (Å²) in [6.07, 6.45) is 3.82. The summed E-state index contributed by atoms with van der Waals surface area (Å²) in [5.74, 6) is 2.07. The van der Waals surface area contributed by atoms with E-state index in [0.29, 0.717) is 11.8 Å². The second-order valence-electron chi connectivity index (χ2n) is 5.61. The maximum absolute atomic E-state index is 4.48. The molecular formula is C14H26N4. The lowest BCUT2D eigenvalue weighted by atomic mass is 10.1.